The molecule has 4 heterocycles. The van der Waals surface area contributed by atoms with Crippen LogP contribution < -0.4 is 4.74 Å². The smallest absolute Gasteiger partial charge is 0.256 e. The molecular formula is C21H20FN3O3. The van der Waals surface area contributed by atoms with Gasteiger partial charge in [0.2, 0.25) is 5.88 Å². The first kappa shape index (κ1) is 17.2. The van der Waals surface area contributed by atoms with E-state index < -0.39 is 11.4 Å². The zero-order chi connectivity index (χ0) is 19.1. The van der Waals surface area contributed by atoms with Crippen molar-refractivity contribution in [3.8, 4) is 5.88 Å². The number of carbonyl (C=O) groups is 1. The summed E-state index contributed by atoms with van der Waals surface area (Å²) in [7, 11) is 0. The molecule has 1 atom stereocenters. The minimum absolute atomic E-state index is 0.00554. The maximum atomic E-state index is 13.7. The van der Waals surface area contributed by atoms with E-state index in [0.717, 1.165) is 17.3 Å². The lowest BCUT2D eigenvalue weighted by atomic mass is 9.81. The molecule has 1 amide bonds. The highest BCUT2D eigenvalue weighted by Gasteiger charge is 2.55. The molecule has 7 heteroatoms. The molecule has 1 aromatic carbocycles. The third-order valence-electron chi connectivity index (χ3n) is 5.77. The summed E-state index contributed by atoms with van der Waals surface area (Å²) in [5.41, 5.74) is 1.21. The lowest BCUT2D eigenvalue weighted by Crippen LogP contribution is -2.66. The van der Waals surface area contributed by atoms with E-state index in [2.05, 4.69) is 9.97 Å². The zero-order valence-corrected chi connectivity index (χ0v) is 15.2. The first-order chi connectivity index (χ1) is 13.7. The molecule has 2 fully saturated rings. The Morgan fingerprint density at radius 1 is 1.32 bits per heavy atom. The van der Waals surface area contributed by atoms with Crippen molar-refractivity contribution in [2.45, 2.75) is 12.0 Å². The summed E-state index contributed by atoms with van der Waals surface area (Å²) >= 11 is 0. The highest BCUT2D eigenvalue weighted by atomic mass is 19.1. The van der Waals surface area contributed by atoms with Gasteiger partial charge >= 0.3 is 0 Å². The van der Waals surface area contributed by atoms with Gasteiger partial charge in [0, 0.05) is 35.8 Å². The highest BCUT2D eigenvalue weighted by molar-refractivity contribution is 6.07. The Bertz CT molecular complexity index is 1030. The maximum absolute atomic E-state index is 13.7. The normalized spacial score (nSPS) is 20.5. The molecule has 144 valence electrons. The van der Waals surface area contributed by atoms with Crippen molar-refractivity contribution < 1.29 is 18.7 Å². The number of likely N-dealkylation sites (tertiary alicyclic amines) is 1. The number of benzene rings is 1. The Labute approximate surface area is 161 Å². The molecule has 0 radical (unpaired) electrons. The fraction of sp³-hybridized carbons (Fsp3) is 0.333. The fourth-order valence-electron chi connectivity index (χ4n) is 4.19. The van der Waals surface area contributed by atoms with Crippen LogP contribution in [0.25, 0.3) is 10.9 Å². The predicted octanol–water partition coefficient (Wildman–Crippen LogP) is 3.01. The Morgan fingerprint density at radius 2 is 2.18 bits per heavy atom. The first-order valence-corrected chi connectivity index (χ1v) is 9.39. The Morgan fingerprint density at radius 3 is 3.04 bits per heavy atom. The van der Waals surface area contributed by atoms with E-state index in [1.807, 2.05) is 24.3 Å². The number of pyridine rings is 1. The van der Waals surface area contributed by atoms with Gasteiger partial charge in [0.25, 0.3) is 5.91 Å². The molecule has 28 heavy (non-hydrogen) atoms. The number of aromatic nitrogens is 2. The fourth-order valence-corrected chi connectivity index (χ4v) is 4.19. The van der Waals surface area contributed by atoms with Crippen molar-refractivity contribution in [2.75, 3.05) is 26.3 Å². The van der Waals surface area contributed by atoms with Crippen molar-refractivity contribution in [2.24, 2.45) is 5.92 Å². The topological polar surface area (TPSA) is 67.5 Å². The van der Waals surface area contributed by atoms with Gasteiger partial charge in [-0.2, -0.15) is 0 Å². The number of amides is 1. The number of halogens is 1. The van der Waals surface area contributed by atoms with Crippen LogP contribution >= 0.6 is 0 Å². The number of hydrogen-bond donors (Lipinski definition) is 1. The van der Waals surface area contributed by atoms with Gasteiger partial charge in [-0.1, -0.05) is 18.2 Å². The molecule has 1 N–H and O–H groups in total. The number of rotatable bonds is 4. The second kappa shape index (κ2) is 6.60. The lowest BCUT2D eigenvalue weighted by molar-refractivity contribution is -0.122. The number of nitrogens with one attached hydrogen (secondary N) is 1. The molecule has 2 aromatic heterocycles. The number of hydrogen-bond acceptors (Lipinski definition) is 4. The van der Waals surface area contributed by atoms with E-state index >= 15 is 0 Å². The van der Waals surface area contributed by atoms with Crippen LogP contribution in [0.2, 0.25) is 0 Å². The number of ether oxygens (including phenoxy) is 2. The number of para-hydroxylation sites is 1. The summed E-state index contributed by atoms with van der Waals surface area (Å²) in [5, 5.41) is 0.923. The minimum Gasteiger partial charge on any atom is -0.475 e. The number of fused-ring (bicyclic) bond motifs is 1. The summed E-state index contributed by atoms with van der Waals surface area (Å²) in [6, 6.07) is 10.6. The van der Waals surface area contributed by atoms with Gasteiger partial charge in [0.05, 0.1) is 25.3 Å². The van der Waals surface area contributed by atoms with Crippen LogP contribution in [0.5, 0.6) is 5.88 Å². The van der Waals surface area contributed by atoms with Crippen molar-refractivity contribution >= 4 is 16.8 Å². The van der Waals surface area contributed by atoms with Gasteiger partial charge in [0.15, 0.2) is 5.82 Å². The van der Waals surface area contributed by atoms with E-state index in [0.29, 0.717) is 31.9 Å². The molecule has 2 aliphatic rings. The molecule has 3 aromatic rings. The van der Waals surface area contributed by atoms with Crippen molar-refractivity contribution in [3.63, 3.8) is 0 Å². The number of H-pyrrole nitrogens is 1. The van der Waals surface area contributed by atoms with Crippen LogP contribution in [0.1, 0.15) is 16.8 Å². The van der Waals surface area contributed by atoms with E-state index in [9.17, 15) is 9.18 Å². The Balaban J connectivity index is 1.26. The summed E-state index contributed by atoms with van der Waals surface area (Å²) in [5.74, 6) is -0.370. The summed E-state index contributed by atoms with van der Waals surface area (Å²) in [4.78, 5) is 21.8. The number of aromatic amines is 1. The van der Waals surface area contributed by atoms with Crippen LogP contribution in [-0.4, -0.2) is 52.7 Å². The van der Waals surface area contributed by atoms with Crippen LogP contribution in [-0.2, 0) is 4.74 Å². The third kappa shape index (κ3) is 2.74. The zero-order valence-electron chi connectivity index (χ0n) is 15.2. The molecule has 1 spiro atoms. The number of carbonyl (C=O) groups excluding carboxylic acids is 1. The monoisotopic (exact) mass is 381 g/mol. The highest BCUT2D eigenvalue weighted by Crippen LogP contribution is 2.41. The molecule has 6 nitrogen and oxygen atoms in total. The van der Waals surface area contributed by atoms with Gasteiger partial charge in [-0.3, -0.25) is 4.79 Å². The number of nitrogens with zero attached hydrogens (tertiary/aromatic N) is 2. The van der Waals surface area contributed by atoms with E-state index in [-0.39, 0.29) is 17.7 Å². The van der Waals surface area contributed by atoms with Gasteiger partial charge in [0.1, 0.15) is 5.60 Å². The third-order valence-corrected chi connectivity index (χ3v) is 5.77. The lowest BCUT2D eigenvalue weighted by Gasteiger charge is -2.50. The predicted molar refractivity (Wildman–Crippen MR) is 101 cm³/mol. The van der Waals surface area contributed by atoms with E-state index in [1.54, 1.807) is 11.1 Å². The summed E-state index contributed by atoms with van der Waals surface area (Å²) in [6.07, 6.45) is 4.09. The maximum Gasteiger partial charge on any atom is 0.256 e. The SMILES string of the molecule is O=C(c1c[nH]c2ccccc12)N1CC2(C1)OCC[C@H]2COc1ncccc1F. The Kier molecular flexibility index (Phi) is 4.05. The second-order valence-electron chi connectivity index (χ2n) is 7.41. The average Bonchev–Trinajstić information content (AvgIpc) is 3.30. The standard InChI is InChI=1S/C21H20FN3O3/c22-17-5-3-8-23-19(17)27-11-14-7-9-28-21(14)12-25(13-21)20(26)16-10-24-18-6-2-1-4-15(16)18/h1-6,8,10,14,24H,7,9,11-13H2/t14-/m0/s1. The van der Waals surface area contributed by atoms with Crippen molar-refractivity contribution in [3.05, 3.63) is 60.2 Å². The summed E-state index contributed by atoms with van der Waals surface area (Å²) < 4.78 is 25.3. The van der Waals surface area contributed by atoms with E-state index in [4.69, 9.17) is 9.47 Å². The van der Waals surface area contributed by atoms with Crippen LogP contribution in [0.4, 0.5) is 4.39 Å². The molecule has 0 unspecified atom stereocenters. The molecular weight excluding hydrogens is 361 g/mol. The van der Waals surface area contributed by atoms with Gasteiger partial charge in [-0.25, -0.2) is 9.37 Å². The molecule has 0 aliphatic carbocycles. The van der Waals surface area contributed by atoms with Gasteiger partial charge < -0.3 is 19.4 Å². The molecule has 2 saturated heterocycles. The van der Waals surface area contributed by atoms with Crippen LogP contribution in [0, 0.1) is 11.7 Å². The largest absolute Gasteiger partial charge is 0.475 e. The van der Waals surface area contributed by atoms with E-state index in [1.165, 1.54) is 18.3 Å². The molecule has 0 saturated carbocycles. The van der Waals surface area contributed by atoms with Gasteiger partial charge in [-0.05, 0) is 24.6 Å². The molecule has 0 bridgehead atoms. The van der Waals surface area contributed by atoms with Crippen molar-refractivity contribution in [1.29, 1.82) is 0 Å². The summed E-state index contributed by atoms with van der Waals surface area (Å²) in [6.45, 7) is 1.98. The second-order valence-corrected chi connectivity index (χ2v) is 7.41. The first-order valence-electron chi connectivity index (χ1n) is 9.39. The van der Waals surface area contributed by atoms with Gasteiger partial charge in [-0.15, -0.1) is 0 Å². The quantitative estimate of drug-likeness (QED) is 0.754. The molecule has 2 aliphatic heterocycles. The van der Waals surface area contributed by atoms with Crippen LogP contribution in [0.3, 0.4) is 0 Å². The minimum atomic E-state index is -0.472. The van der Waals surface area contributed by atoms with Crippen molar-refractivity contribution in [1.82, 2.24) is 14.9 Å². The Hall–Kier alpha value is -2.93. The average molecular weight is 381 g/mol. The molecule has 5 rings (SSSR count). The van der Waals surface area contributed by atoms with Crippen LogP contribution in [0.15, 0.2) is 48.8 Å².